The third-order valence-corrected chi connectivity index (χ3v) is 3.86. The standard InChI is InChI=1S/C18H18FN3O3/c1-4-13-17(22-10-11(19)5-8-16(22)20-13)18(23)21-14-7-6-12(24-2)9-15(14)25-3/h5-10H,4H2,1-3H3,(H,21,23). The number of imidazole rings is 1. The molecule has 7 heteroatoms. The number of halogens is 1. The highest BCUT2D eigenvalue weighted by atomic mass is 19.1. The van der Waals surface area contributed by atoms with E-state index in [4.69, 9.17) is 9.47 Å². The molecule has 1 aromatic carbocycles. The second-order valence-corrected chi connectivity index (χ2v) is 5.36. The molecule has 0 saturated heterocycles. The van der Waals surface area contributed by atoms with Crippen LogP contribution < -0.4 is 14.8 Å². The number of carbonyl (C=O) groups is 1. The van der Waals surface area contributed by atoms with Crippen LogP contribution in [0.15, 0.2) is 36.5 Å². The lowest BCUT2D eigenvalue weighted by atomic mass is 10.2. The number of pyridine rings is 1. The first-order valence-electron chi connectivity index (χ1n) is 7.77. The fraction of sp³-hybridized carbons (Fsp3) is 0.222. The van der Waals surface area contributed by atoms with Gasteiger partial charge in [0.1, 0.15) is 28.7 Å². The summed E-state index contributed by atoms with van der Waals surface area (Å²) in [7, 11) is 3.05. The highest BCUT2D eigenvalue weighted by Crippen LogP contribution is 2.29. The van der Waals surface area contributed by atoms with E-state index in [1.165, 1.54) is 23.8 Å². The van der Waals surface area contributed by atoms with Gasteiger partial charge in [-0.25, -0.2) is 9.37 Å². The van der Waals surface area contributed by atoms with E-state index >= 15 is 0 Å². The maximum atomic E-state index is 13.6. The number of nitrogens with one attached hydrogen (secondary N) is 1. The van der Waals surface area contributed by atoms with Crippen molar-refractivity contribution in [3.05, 3.63) is 53.7 Å². The van der Waals surface area contributed by atoms with Crippen LogP contribution in [0.5, 0.6) is 11.5 Å². The second-order valence-electron chi connectivity index (χ2n) is 5.36. The fourth-order valence-corrected chi connectivity index (χ4v) is 2.64. The van der Waals surface area contributed by atoms with Gasteiger partial charge in [-0.05, 0) is 30.7 Å². The zero-order valence-electron chi connectivity index (χ0n) is 14.2. The van der Waals surface area contributed by atoms with Crippen LogP contribution in [0.3, 0.4) is 0 Å². The largest absolute Gasteiger partial charge is 0.497 e. The van der Waals surface area contributed by atoms with Crippen molar-refractivity contribution >= 4 is 17.2 Å². The molecule has 0 unspecified atom stereocenters. The molecule has 0 saturated carbocycles. The number of hydrogen-bond acceptors (Lipinski definition) is 4. The molecular formula is C18H18FN3O3. The molecule has 3 aromatic rings. The smallest absolute Gasteiger partial charge is 0.274 e. The molecule has 2 aromatic heterocycles. The van der Waals surface area contributed by atoms with Crippen LogP contribution in [-0.2, 0) is 6.42 Å². The molecule has 0 atom stereocenters. The van der Waals surface area contributed by atoms with Crippen LogP contribution in [-0.4, -0.2) is 29.5 Å². The minimum Gasteiger partial charge on any atom is -0.497 e. The number of methoxy groups -OCH3 is 2. The van der Waals surface area contributed by atoms with Crippen molar-refractivity contribution in [3.63, 3.8) is 0 Å². The molecule has 130 valence electrons. The van der Waals surface area contributed by atoms with E-state index in [1.54, 1.807) is 31.4 Å². The Labute approximate surface area is 144 Å². The summed E-state index contributed by atoms with van der Waals surface area (Å²) in [4.78, 5) is 17.2. The number of benzene rings is 1. The summed E-state index contributed by atoms with van der Waals surface area (Å²) in [6, 6.07) is 7.93. The first kappa shape index (κ1) is 16.8. The Bertz CT molecular complexity index is 937. The summed E-state index contributed by atoms with van der Waals surface area (Å²) in [5.74, 6) is 0.244. The maximum Gasteiger partial charge on any atom is 0.274 e. The molecular weight excluding hydrogens is 325 g/mol. The third kappa shape index (κ3) is 3.13. The number of anilines is 1. The lowest BCUT2D eigenvalue weighted by Gasteiger charge is -2.12. The minimum atomic E-state index is -0.441. The first-order valence-corrected chi connectivity index (χ1v) is 7.77. The number of aryl methyl sites for hydroxylation is 1. The fourth-order valence-electron chi connectivity index (χ4n) is 2.64. The topological polar surface area (TPSA) is 64.9 Å². The number of hydrogen-bond donors (Lipinski definition) is 1. The van der Waals surface area contributed by atoms with Gasteiger partial charge in [0.2, 0.25) is 0 Å². The summed E-state index contributed by atoms with van der Waals surface area (Å²) in [5, 5.41) is 2.80. The van der Waals surface area contributed by atoms with Crippen molar-refractivity contribution in [2.24, 2.45) is 0 Å². The highest BCUT2D eigenvalue weighted by molar-refractivity contribution is 6.05. The van der Waals surface area contributed by atoms with Gasteiger partial charge in [0.05, 0.1) is 25.6 Å². The van der Waals surface area contributed by atoms with Gasteiger partial charge in [-0.15, -0.1) is 0 Å². The zero-order chi connectivity index (χ0) is 18.0. The van der Waals surface area contributed by atoms with E-state index in [-0.39, 0.29) is 0 Å². The van der Waals surface area contributed by atoms with E-state index in [0.29, 0.717) is 40.6 Å². The van der Waals surface area contributed by atoms with Gasteiger partial charge in [0.25, 0.3) is 5.91 Å². The average Bonchev–Trinajstić information content (AvgIpc) is 2.99. The Morgan fingerprint density at radius 3 is 2.72 bits per heavy atom. The van der Waals surface area contributed by atoms with Crippen molar-refractivity contribution in [2.45, 2.75) is 13.3 Å². The number of carbonyl (C=O) groups excluding carboxylic acids is 1. The Morgan fingerprint density at radius 1 is 1.24 bits per heavy atom. The van der Waals surface area contributed by atoms with Crippen LogP contribution in [0.1, 0.15) is 23.1 Å². The predicted octanol–water partition coefficient (Wildman–Crippen LogP) is 3.31. The number of amides is 1. The average molecular weight is 343 g/mol. The lowest BCUT2D eigenvalue weighted by Crippen LogP contribution is -2.17. The molecule has 0 bridgehead atoms. The third-order valence-electron chi connectivity index (χ3n) is 3.86. The number of aromatic nitrogens is 2. The van der Waals surface area contributed by atoms with Gasteiger partial charge < -0.3 is 14.8 Å². The van der Waals surface area contributed by atoms with Gasteiger partial charge in [-0.1, -0.05) is 6.92 Å². The zero-order valence-corrected chi connectivity index (χ0v) is 14.2. The van der Waals surface area contributed by atoms with E-state index in [2.05, 4.69) is 10.3 Å². The number of ether oxygens (including phenoxy) is 2. The normalized spacial score (nSPS) is 10.7. The molecule has 3 rings (SSSR count). The first-order chi connectivity index (χ1) is 12.1. The molecule has 6 nitrogen and oxygen atoms in total. The molecule has 0 aliphatic carbocycles. The summed E-state index contributed by atoms with van der Waals surface area (Å²) in [6.45, 7) is 1.89. The van der Waals surface area contributed by atoms with Gasteiger partial charge in [0, 0.05) is 12.3 Å². The molecule has 0 fully saturated rings. The molecule has 0 aliphatic heterocycles. The SMILES string of the molecule is CCc1nc2ccc(F)cn2c1C(=O)Nc1ccc(OC)cc1OC. The summed E-state index contributed by atoms with van der Waals surface area (Å²) in [6.07, 6.45) is 1.80. The van der Waals surface area contributed by atoms with Crippen LogP contribution in [0.25, 0.3) is 5.65 Å². The lowest BCUT2D eigenvalue weighted by molar-refractivity contribution is 0.102. The van der Waals surface area contributed by atoms with Crippen LogP contribution in [0, 0.1) is 5.82 Å². The number of nitrogens with zero attached hydrogens (tertiary/aromatic N) is 2. The van der Waals surface area contributed by atoms with Gasteiger partial charge in [-0.2, -0.15) is 0 Å². The van der Waals surface area contributed by atoms with E-state index < -0.39 is 11.7 Å². The molecule has 0 spiro atoms. The van der Waals surface area contributed by atoms with E-state index in [9.17, 15) is 9.18 Å². The van der Waals surface area contributed by atoms with Crippen molar-refractivity contribution in [2.75, 3.05) is 19.5 Å². The molecule has 0 aliphatic rings. The van der Waals surface area contributed by atoms with E-state index in [0.717, 1.165) is 0 Å². The number of rotatable bonds is 5. The van der Waals surface area contributed by atoms with E-state index in [1.807, 2.05) is 6.92 Å². The maximum absolute atomic E-state index is 13.6. The van der Waals surface area contributed by atoms with Crippen molar-refractivity contribution < 1.29 is 18.7 Å². The summed E-state index contributed by atoms with van der Waals surface area (Å²) >= 11 is 0. The quantitative estimate of drug-likeness (QED) is 0.772. The molecule has 1 N–H and O–H groups in total. The molecule has 2 heterocycles. The van der Waals surface area contributed by atoms with Gasteiger partial charge in [-0.3, -0.25) is 9.20 Å². The van der Waals surface area contributed by atoms with Crippen LogP contribution in [0.4, 0.5) is 10.1 Å². The molecule has 1 amide bonds. The molecule has 25 heavy (non-hydrogen) atoms. The Hall–Kier alpha value is -3.09. The van der Waals surface area contributed by atoms with Gasteiger partial charge in [0.15, 0.2) is 0 Å². The monoisotopic (exact) mass is 343 g/mol. The van der Waals surface area contributed by atoms with Crippen molar-refractivity contribution in [1.29, 1.82) is 0 Å². The van der Waals surface area contributed by atoms with Gasteiger partial charge >= 0.3 is 0 Å². The van der Waals surface area contributed by atoms with Crippen LogP contribution in [0.2, 0.25) is 0 Å². The Morgan fingerprint density at radius 2 is 2.04 bits per heavy atom. The number of fused-ring (bicyclic) bond motifs is 1. The Balaban J connectivity index is 2.02. The molecule has 0 radical (unpaired) electrons. The highest BCUT2D eigenvalue weighted by Gasteiger charge is 2.20. The van der Waals surface area contributed by atoms with Crippen molar-refractivity contribution in [1.82, 2.24) is 9.38 Å². The van der Waals surface area contributed by atoms with Crippen molar-refractivity contribution in [3.8, 4) is 11.5 Å². The second kappa shape index (κ2) is 6.80. The summed E-state index contributed by atoms with van der Waals surface area (Å²) < 4.78 is 25.5. The summed E-state index contributed by atoms with van der Waals surface area (Å²) in [5.41, 5.74) is 1.90. The minimum absolute atomic E-state index is 0.301. The predicted molar refractivity (Wildman–Crippen MR) is 92.0 cm³/mol. The Kier molecular flexibility index (Phi) is 4.56. The van der Waals surface area contributed by atoms with Crippen LogP contribution >= 0.6 is 0 Å².